The van der Waals surface area contributed by atoms with E-state index in [1.807, 2.05) is 33.8 Å². The molecule has 11 atom stereocenters. The number of nitrogens with one attached hydrogen (secondary N) is 2. The smallest absolute Gasteiger partial charge is 0.326 e. The molecule has 5 amide bonds. The van der Waals surface area contributed by atoms with Gasteiger partial charge in [-0.15, -0.1) is 0 Å². The maximum atomic E-state index is 14.6. The van der Waals surface area contributed by atoms with Gasteiger partial charge in [0, 0.05) is 65.2 Å². The maximum Gasteiger partial charge on any atom is 0.326 e. The summed E-state index contributed by atoms with van der Waals surface area (Å²) in [5.41, 5.74) is 0.765. The number of ether oxygens (including phenoxy) is 2. The predicted molar refractivity (Wildman–Crippen MR) is 250 cm³/mol. The molecule has 1 aromatic rings. The highest BCUT2D eigenvalue weighted by molar-refractivity contribution is 7.94. The third-order valence-corrected chi connectivity index (χ3v) is 15.5. The molecule has 3 N–H and O–H groups in total. The summed E-state index contributed by atoms with van der Waals surface area (Å²) < 4.78 is 35.8. The van der Waals surface area contributed by atoms with Gasteiger partial charge in [0.15, 0.2) is 9.84 Å². The topological polar surface area (TPSA) is 212 Å². The van der Waals surface area contributed by atoms with E-state index in [0.29, 0.717) is 38.8 Å². The maximum absolute atomic E-state index is 14.6. The third kappa shape index (κ3) is 13.6. The Morgan fingerprint density at radius 2 is 1.64 bits per heavy atom. The lowest BCUT2D eigenvalue weighted by Gasteiger charge is -2.41. The minimum absolute atomic E-state index is 0.0439. The Morgan fingerprint density at radius 3 is 2.23 bits per heavy atom. The number of carbonyl (C=O) groups excluding carboxylic acids is 5. The molecule has 1 aromatic carbocycles. The molecule has 4 rings (SSSR count). The molecule has 3 aliphatic rings. The number of sulfone groups is 1. The molecular weight excluding hydrogens is 869 g/mol. The minimum atomic E-state index is -3.39. The molecule has 18 heteroatoms. The second-order valence-corrected chi connectivity index (χ2v) is 21.0. The van der Waals surface area contributed by atoms with Crippen LogP contribution in [0.15, 0.2) is 42.3 Å². The first kappa shape index (κ1) is 54.2. The Bertz CT molecular complexity index is 1950. The lowest BCUT2D eigenvalue weighted by atomic mass is 9.89. The van der Waals surface area contributed by atoms with Crippen molar-refractivity contribution < 1.29 is 51.8 Å². The van der Waals surface area contributed by atoms with Gasteiger partial charge in [0.1, 0.15) is 18.1 Å². The zero-order valence-corrected chi connectivity index (χ0v) is 41.3. The van der Waals surface area contributed by atoms with Crippen molar-refractivity contribution in [3.05, 3.63) is 47.9 Å². The quantitative estimate of drug-likeness (QED) is 0.122. The summed E-state index contributed by atoms with van der Waals surface area (Å²) in [7, 11) is 3.02. The first-order valence-electron chi connectivity index (χ1n) is 23.5. The van der Waals surface area contributed by atoms with Crippen LogP contribution in [-0.2, 0) is 54.5 Å². The van der Waals surface area contributed by atoms with Crippen molar-refractivity contribution in [3.63, 3.8) is 0 Å². The van der Waals surface area contributed by atoms with Crippen LogP contribution in [0, 0.1) is 23.7 Å². The molecule has 2 bridgehead atoms. The van der Waals surface area contributed by atoms with E-state index in [9.17, 15) is 42.3 Å². The Balaban J connectivity index is 1.45. The van der Waals surface area contributed by atoms with Crippen LogP contribution in [0.25, 0.3) is 0 Å². The van der Waals surface area contributed by atoms with Gasteiger partial charge in [-0.25, -0.2) is 13.2 Å². The number of aliphatic carboxylic acids is 1. The van der Waals surface area contributed by atoms with Crippen molar-refractivity contribution in [3.8, 4) is 0 Å². The number of carboxylic acids is 1. The summed E-state index contributed by atoms with van der Waals surface area (Å²) in [5, 5.41) is 16.6. The highest BCUT2D eigenvalue weighted by atomic mass is 32.2. The van der Waals surface area contributed by atoms with Crippen molar-refractivity contribution in [2.45, 2.75) is 141 Å². The molecular formula is C48H76N6O11S. The van der Waals surface area contributed by atoms with Gasteiger partial charge >= 0.3 is 5.97 Å². The Hall–Kier alpha value is -4.39. The number of benzene rings is 1. The summed E-state index contributed by atoms with van der Waals surface area (Å²) in [5.74, 6) is -4.21. The van der Waals surface area contributed by atoms with Crippen molar-refractivity contribution in [1.29, 1.82) is 0 Å². The average molecular weight is 945 g/mol. The molecule has 0 unspecified atom stereocenters. The van der Waals surface area contributed by atoms with Crippen molar-refractivity contribution in [2.24, 2.45) is 23.7 Å². The molecule has 0 aromatic heterocycles. The van der Waals surface area contributed by atoms with Gasteiger partial charge in [0.25, 0.3) is 0 Å². The van der Waals surface area contributed by atoms with Crippen LogP contribution in [0.5, 0.6) is 0 Å². The predicted octanol–water partition coefficient (Wildman–Crippen LogP) is 3.12. The van der Waals surface area contributed by atoms with Crippen LogP contribution >= 0.6 is 0 Å². The number of fused-ring (bicyclic) bond motifs is 2. The molecule has 1 aliphatic carbocycles. The first-order valence-corrected chi connectivity index (χ1v) is 25.3. The number of hydrogen-bond donors (Lipinski definition) is 3. The van der Waals surface area contributed by atoms with Crippen LogP contribution < -0.4 is 10.6 Å². The second kappa shape index (κ2) is 24.6. The number of carboxylic acid groups (broad SMARTS) is 1. The van der Waals surface area contributed by atoms with Gasteiger partial charge < -0.3 is 44.8 Å². The monoisotopic (exact) mass is 945 g/mol. The number of likely N-dealkylation sites (tertiary alicyclic amines) is 2. The summed E-state index contributed by atoms with van der Waals surface area (Å²) in [6, 6.07) is 5.08. The molecule has 66 heavy (non-hydrogen) atoms. The largest absolute Gasteiger partial charge is 0.480 e. The lowest BCUT2D eigenvalue weighted by molar-refractivity contribution is -0.149. The normalized spacial score (nSPS) is 22.6. The number of hydrogen-bond acceptors (Lipinski definition) is 11. The number of methoxy groups -OCH3 is 2. The standard InChI is InChI=1S/C48H76N6O11S/c1-11-31(5)42(38(64-9)29-40(56)53-23-16-19-37(53)44(65-10)32(6)45(57)49-36(48(60)61)27-33-17-14-13-15-18-33)52(8)47(59)41(30(3)4)50-46(58)43-34-20-21-35(28-34)54(43)39(55)22-24-51(7)25-26-66(62,63)12-2/h12-15,17-18,30-32,34-38,41-44H,2,11,16,19-29H2,1,3-10H3,(H,49,57)(H,50,58)(H,60,61)/t31-,32+,34-,35+,36-,37-,38+,41-,42-,43-,44+/m0/s1. The van der Waals surface area contributed by atoms with E-state index in [4.69, 9.17) is 9.47 Å². The number of carbonyl (C=O) groups is 6. The van der Waals surface area contributed by atoms with E-state index in [0.717, 1.165) is 23.8 Å². The lowest BCUT2D eigenvalue weighted by Crippen LogP contribution is -2.60. The van der Waals surface area contributed by atoms with Gasteiger partial charge in [0.05, 0.1) is 42.4 Å². The zero-order valence-electron chi connectivity index (χ0n) is 40.5. The van der Waals surface area contributed by atoms with Crippen molar-refractivity contribution >= 4 is 45.3 Å². The molecule has 370 valence electrons. The Labute approximate surface area is 392 Å². The summed E-state index contributed by atoms with van der Waals surface area (Å²) in [6.07, 6.45) is 2.85. The number of nitrogens with zero attached hydrogens (tertiary/aromatic N) is 4. The summed E-state index contributed by atoms with van der Waals surface area (Å²) in [6.45, 7) is 13.7. The molecule has 0 radical (unpaired) electrons. The van der Waals surface area contributed by atoms with Gasteiger partial charge in [-0.1, -0.05) is 78.0 Å². The SMILES string of the molecule is C=CS(=O)(=O)CCN(C)CCC(=O)N1[C@@H]2CC[C@@H](C2)[C@H]1C(=O)N[C@H](C(=O)N(C)[C@@H]([C@@H](C)CC)[C@@H](CC(=O)N1CCC[C@H]1[C@H](OC)[C@@H](C)C(=O)N[C@@H](Cc1ccccc1)C(=O)O)OC)C(C)C. The van der Waals surface area contributed by atoms with E-state index in [2.05, 4.69) is 17.2 Å². The van der Waals surface area contributed by atoms with E-state index in [1.54, 1.807) is 64.9 Å². The number of piperidine rings is 1. The van der Waals surface area contributed by atoms with E-state index < -0.39 is 70.0 Å². The van der Waals surface area contributed by atoms with E-state index in [-0.39, 0.29) is 79.0 Å². The van der Waals surface area contributed by atoms with Gasteiger partial charge in [-0.3, -0.25) is 24.0 Å². The fourth-order valence-electron chi connectivity index (χ4n) is 10.2. The molecule has 2 heterocycles. The van der Waals surface area contributed by atoms with E-state index in [1.165, 1.54) is 14.2 Å². The Morgan fingerprint density at radius 1 is 0.955 bits per heavy atom. The van der Waals surface area contributed by atoms with Gasteiger partial charge in [0.2, 0.25) is 29.5 Å². The third-order valence-electron chi connectivity index (χ3n) is 14.2. The molecule has 17 nitrogen and oxygen atoms in total. The fraction of sp³-hybridized carbons (Fsp3) is 0.708. The highest BCUT2D eigenvalue weighted by Crippen LogP contribution is 2.43. The first-order chi connectivity index (χ1) is 31.2. The van der Waals surface area contributed by atoms with Crippen molar-refractivity contribution in [2.75, 3.05) is 53.7 Å². The highest BCUT2D eigenvalue weighted by Gasteiger charge is 2.52. The van der Waals surface area contributed by atoms with Crippen LogP contribution in [-0.4, -0.2) is 171 Å². The van der Waals surface area contributed by atoms with Crippen LogP contribution in [0.2, 0.25) is 0 Å². The van der Waals surface area contributed by atoms with Crippen LogP contribution in [0.1, 0.15) is 91.5 Å². The number of likely N-dealkylation sites (N-methyl/N-ethyl adjacent to an activating group) is 1. The zero-order chi connectivity index (χ0) is 49.0. The molecule has 2 saturated heterocycles. The van der Waals surface area contributed by atoms with Crippen molar-refractivity contribution in [1.82, 2.24) is 30.2 Å². The number of rotatable bonds is 26. The molecule has 2 aliphatic heterocycles. The van der Waals surface area contributed by atoms with Gasteiger partial charge in [-0.2, -0.15) is 0 Å². The second-order valence-electron chi connectivity index (χ2n) is 19.0. The van der Waals surface area contributed by atoms with Crippen LogP contribution in [0.4, 0.5) is 0 Å². The molecule has 0 spiro atoms. The van der Waals surface area contributed by atoms with E-state index >= 15 is 0 Å². The Kier molecular flexibility index (Phi) is 20.2. The number of amides is 5. The summed E-state index contributed by atoms with van der Waals surface area (Å²) >= 11 is 0. The average Bonchev–Trinajstić information content (AvgIpc) is 4.07. The molecule has 1 saturated carbocycles. The van der Waals surface area contributed by atoms with Crippen LogP contribution in [0.3, 0.4) is 0 Å². The summed E-state index contributed by atoms with van der Waals surface area (Å²) in [4.78, 5) is 89.5. The minimum Gasteiger partial charge on any atom is -0.480 e. The van der Waals surface area contributed by atoms with Gasteiger partial charge in [-0.05, 0) is 62.5 Å². The molecule has 3 fully saturated rings. The fourth-order valence-corrected chi connectivity index (χ4v) is 10.9.